The van der Waals surface area contributed by atoms with Crippen molar-refractivity contribution in [2.45, 2.75) is 0 Å². The Morgan fingerprint density at radius 1 is 1.42 bits per heavy atom. The summed E-state index contributed by atoms with van der Waals surface area (Å²) in [6, 6.07) is 1.49. The number of ether oxygens (including phenoxy) is 2. The standard InChI is InChI=1S/C6H6BNO4/c9-7(10)4-1-5-6(8-2-4)12-3-11-5/h1-2,9-10H,3H2. The minimum Gasteiger partial charge on any atom is -0.452 e. The first-order valence-corrected chi connectivity index (χ1v) is 3.39. The van der Waals surface area contributed by atoms with Gasteiger partial charge < -0.3 is 19.5 Å². The van der Waals surface area contributed by atoms with E-state index in [1.807, 2.05) is 0 Å². The van der Waals surface area contributed by atoms with E-state index in [0.29, 0.717) is 17.1 Å². The lowest BCUT2D eigenvalue weighted by Gasteiger charge is -1.98. The molecule has 0 fully saturated rings. The van der Waals surface area contributed by atoms with Crippen LogP contribution < -0.4 is 14.9 Å². The highest BCUT2D eigenvalue weighted by Crippen LogP contribution is 2.27. The molecule has 62 valence electrons. The number of pyridine rings is 1. The molecule has 6 heteroatoms. The summed E-state index contributed by atoms with van der Waals surface area (Å²) in [6.45, 7) is 0.132. The zero-order valence-electron chi connectivity index (χ0n) is 6.10. The second kappa shape index (κ2) is 2.65. The number of fused-ring (bicyclic) bond motifs is 1. The third-order valence-corrected chi connectivity index (χ3v) is 1.55. The average Bonchev–Trinajstić information content (AvgIpc) is 2.49. The van der Waals surface area contributed by atoms with Crippen LogP contribution in [0.1, 0.15) is 0 Å². The molecule has 1 aliphatic rings. The largest absolute Gasteiger partial charge is 0.490 e. The van der Waals surface area contributed by atoms with Gasteiger partial charge in [0.1, 0.15) is 0 Å². The summed E-state index contributed by atoms with van der Waals surface area (Å²) in [4.78, 5) is 3.81. The van der Waals surface area contributed by atoms with Crippen molar-refractivity contribution in [1.82, 2.24) is 4.98 Å². The van der Waals surface area contributed by atoms with Crippen molar-refractivity contribution in [3.63, 3.8) is 0 Å². The maximum atomic E-state index is 8.77. The van der Waals surface area contributed by atoms with Crippen LogP contribution in [0.2, 0.25) is 0 Å². The maximum absolute atomic E-state index is 8.77. The topological polar surface area (TPSA) is 71.8 Å². The number of hydrogen-bond donors (Lipinski definition) is 2. The van der Waals surface area contributed by atoms with Crippen LogP contribution in [0.3, 0.4) is 0 Å². The molecule has 0 atom stereocenters. The van der Waals surface area contributed by atoms with Crippen LogP contribution in [-0.2, 0) is 0 Å². The third-order valence-electron chi connectivity index (χ3n) is 1.55. The molecule has 0 saturated carbocycles. The first-order valence-electron chi connectivity index (χ1n) is 3.39. The second-order valence-electron chi connectivity index (χ2n) is 2.35. The number of aromatic nitrogens is 1. The Morgan fingerprint density at radius 3 is 3.00 bits per heavy atom. The summed E-state index contributed by atoms with van der Waals surface area (Å²) in [6.07, 6.45) is 1.33. The van der Waals surface area contributed by atoms with Crippen molar-refractivity contribution in [1.29, 1.82) is 0 Å². The maximum Gasteiger partial charge on any atom is 0.490 e. The fourth-order valence-electron chi connectivity index (χ4n) is 0.949. The number of hydrogen-bond acceptors (Lipinski definition) is 5. The SMILES string of the molecule is OB(O)c1cnc2c(c1)OCO2. The van der Waals surface area contributed by atoms with E-state index in [-0.39, 0.29) is 6.79 Å². The normalized spacial score (nSPS) is 13.2. The first-order chi connectivity index (χ1) is 5.77. The molecule has 0 radical (unpaired) electrons. The van der Waals surface area contributed by atoms with Gasteiger partial charge in [0.25, 0.3) is 5.88 Å². The molecule has 1 aromatic heterocycles. The minimum absolute atomic E-state index is 0.132. The van der Waals surface area contributed by atoms with Gasteiger partial charge in [0, 0.05) is 11.7 Å². The zero-order chi connectivity index (χ0) is 8.55. The van der Waals surface area contributed by atoms with Gasteiger partial charge in [-0.1, -0.05) is 0 Å². The molecule has 1 aliphatic heterocycles. The van der Waals surface area contributed by atoms with Crippen molar-refractivity contribution in [3.8, 4) is 11.6 Å². The van der Waals surface area contributed by atoms with Gasteiger partial charge in [-0.2, -0.15) is 0 Å². The Kier molecular flexibility index (Phi) is 1.63. The van der Waals surface area contributed by atoms with Gasteiger partial charge in [-0.25, -0.2) is 4.98 Å². The Hall–Kier alpha value is -1.27. The highest BCUT2D eigenvalue weighted by atomic mass is 16.7. The summed E-state index contributed by atoms with van der Waals surface area (Å²) in [5, 5.41) is 17.5. The van der Waals surface area contributed by atoms with Gasteiger partial charge in [-0.15, -0.1) is 0 Å². The van der Waals surface area contributed by atoms with Crippen LogP contribution in [0.5, 0.6) is 11.6 Å². The van der Waals surface area contributed by atoms with Crippen LogP contribution in [0.15, 0.2) is 12.3 Å². The fourth-order valence-corrected chi connectivity index (χ4v) is 0.949. The third kappa shape index (κ3) is 1.11. The minimum atomic E-state index is -1.52. The number of rotatable bonds is 1. The van der Waals surface area contributed by atoms with Crippen LogP contribution in [0, 0.1) is 0 Å². The van der Waals surface area contributed by atoms with Gasteiger partial charge in [-0.3, -0.25) is 0 Å². The molecule has 1 aromatic rings. The zero-order valence-corrected chi connectivity index (χ0v) is 6.10. The molecular weight excluding hydrogens is 161 g/mol. The lowest BCUT2D eigenvalue weighted by atomic mass is 9.82. The molecule has 2 heterocycles. The fraction of sp³-hybridized carbons (Fsp3) is 0.167. The molecule has 12 heavy (non-hydrogen) atoms. The quantitative estimate of drug-likeness (QED) is 0.497. The lowest BCUT2D eigenvalue weighted by Crippen LogP contribution is -2.29. The van der Waals surface area contributed by atoms with Crippen LogP contribution >= 0.6 is 0 Å². The highest BCUT2D eigenvalue weighted by molar-refractivity contribution is 6.58. The van der Waals surface area contributed by atoms with Gasteiger partial charge in [0.15, 0.2) is 5.75 Å². The second-order valence-corrected chi connectivity index (χ2v) is 2.35. The molecule has 0 bridgehead atoms. The lowest BCUT2D eigenvalue weighted by molar-refractivity contribution is 0.171. The van der Waals surface area contributed by atoms with Crippen LogP contribution in [-0.4, -0.2) is 28.9 Å². The van der Waals surface area contributed by atoms with Crippen molar-refractivity contribution in [3.05, 3.63) is 12.3 Å². The average molecular weight is 167 g/mol. The molecule has 0 spiro atoms. The molecular formula is C6H6BNO4. The summed E-state index contributed by atoms with van der Waals surface area (Å²) >= 11 is 0. The monoisotopic (exact) mass is 167 g/mol. The van der Waals surface area contributed by atoms with Crippen molar-refractivity contribution < 1.29 is 19.5 Å². The van der Waals surface area contributed by atoms with E-state index in [4.69, 9.17) is 19.5 Å². The summed E-state index contributed by atoms with van der Waals surface area (Å²) in [7, 11) is -1.52. The van der Waals surface area contributed by atoms with Gasteiger partial charge >= 0.3 is 7.12 Å². The van der Waals surface area contributed by atoms with Gasteiger partial charge in [-0.05, 0) is 6.07 Å². The smallest absolute Gasteiger partial charge is 0.452 e. The Labute approximate surface area is 68.7 Å². The van der Waals surface area contributed by atoms with E-state index in [9.17, 15) is 0 Å². The van der Waals surface area contributed by atoms with E-state index in [2.05, 4.69) is 4.98 Å². The molecule has 0 unspecified atom stereocenters. The van der Waals surface area contributed by atoms with Crippen LogP contribution in [0.4, 0.5) is 0 Å². The first kappa shape index (κ1) is 7.39. The molecule has 5 nitrogen and oxygen atoms in total. The molecule has 0 aromatic carbocycles. The molecule has 2 rings (SSSR count). The van der Waals surface area contributed by atoms with E-state index < -0.39 is 7.12 Å². The van der Waals surface area contributed by atoms with E-state index in [1.54, 1.807) is 0 Å². The summed E-state index contributed by atoms with van der Waals surface area (Å²) in [5.74, 6) is 0.833. The molecule has 2 N–H and O–H groups in total. The van der Waals surface area contributed by atoms with E-state index in [0.717, 1.165) is 0 Å². The highest BCUT2D eigenvalue weighted by Gasteiger charge is 2.19. The van der Waals surface area contributed by atoms with Gasteiger partial charge in [0.2, 0.25) is 6.79 Å². The Bertz CT molecular complexity index is 304. The molecule has 0 amide bonds. The van der Waals surface area contributed by atoms with Crippen molar-refractivity contribution in [2.75, 3.05) is 6.79 Å². The molecule has 0 aliphatic carbocycles. The Balaban J connectivity index is 2.39. The van der Waals surface area contributed by atoms with Crippen molar-refractivity contribution in [2.24, 2.45) is 0 Å². The summed E-state index contributed by atoms with van der Waals surface area (Å²) in [5.41, 5.74) is 0.291. The van der Waals surface area contributed by atoms with E-state index >= 15 is 0 Å². The predicted molar refractivity (Wildman–Crippen MR) is 40.2 cm³/mol. The predicted octanol–water partition coefficient (Wildman–Crippen LogP) is -1.51. The summed E-state index contributed by atoms with van der Waals surface area (Å²) < 4.78 is 9.92. The Morgan fingerprint density at radius 2 is 2.25 bits per heavy atom. The van der Waals surface area contributed by atoms with Gasteiger partial charge in [0.05, 0.1) is 0 Å². The molecule has 0 saturated heterocycles. The van der Waals surface area contributed by atoms with Crippen molar-refractivity contribution >= 4 is 12.6 Å². The van der Waals surface area contributed by atoms with E-state index in [1.165, 1.54) is 12.3 Å². The number of nitrogens with zero attached hydrogens (tertiary/aromatic N) is 1. The van der Waals surface area contributed by atoms with Crippen LogP contribution in [0.25, 0.3) is 0 Å².